The fraction of sp³-hybridized carbons (Fsp3) is 0.800. The molecule has 0 saturated carbocycles. The van der Waals surface area contributed by atoms with Crippen LogP contribution < -0.4 is 5.73 Å². The molecule has 0 aromatic carbocycles. The highest BCUT2D eigenvalue weighted by Gasteiger charge is 2.28. The topological polar surface area (TPSA) is 56.3 Å². The number of rotatable bonds is 5. The molecule has 2 unspecified atom stereocenters. The molecule has 1 fully saturated rings. The lowest BCUT2D eigenvalue weighted by atomic mass is 10.0. The van der Waals surface area contributed by atoms with Crippen LogP contribution in [0.2, 0.25) is 0 Å². The van der Waals surface area contributed by atoms with Gasteiger partial charge < -0.3 is 10.5 Å². The van der Waals surface area contributed by atoms with Gasteiger partial charge in [0, 0.05) is 38.6 Å². The highest BCUT2D eigenvalue weighted by atomic mass is 79.9. The molecule has 1 aliphatic heterocycles. The zero-order chi connectivity index (χ0) is 15.6. The van der Waals surface area contributed by atoms with E-state index in [1.807, 2.05) is 11.7 Å². The molecule has 5 nitrogen and oxygen atoms in total. The van der Waals surface area contributed by atoms with Crippen LogP contribution in [0.4, 0.5) is 0 Å². The molecule has 0 radical (unpaired) electrons. The first-order valence-corrected chi connectivity index (χ1v) is 8.54. The van der Waals surface area contributed by atoms with Gasteiger partial charge in [-0.2, -0.15) is 5.10 Å². The summed E-state index contributed by atoms with van der Waals surface area (Å²) in [6.45, 7) is 9.23. The maximum absolute atomic E-state index is 6.42. The molecule has 2 heterocycles. The van der Waals surface area contributed by atoms with Crippen LogP contribution in [0.25, 0.3) is 0 Å². The Labute approximate surface area is 135 Å². The molecule has 6 heteroatoms. The lowest BCUT2D eigenvalue weighted by Crippen LogP contribution is -2.53. The molecular formula is C15H27BrN4O. The summed E-state index contributed by atoms with van der Waals surface area (Å²) < 4.78 is 8.93. The zero-order valence-electron chi connectivity index (χ0n) is 13.5. The van der Waals surface area contributed by atoms with E-state index in [2.05, 4.69) is 46.7 Å². The number of hydrogen-bond donors (Lipinski definition) is 1. The lowest BCUT2D eigenvalue weighted by Gasteiger charge is -2.37. The molecule has 21 heavy (non-hydrogen) atoms. The number of halogens is 1. The van der Waals surface area contributed by atoms with Crippen molar-refractivity contribution < 1.29 is 4.74 Å². The minimum absolute atomic E-state index is 0.0112. The van der Waals surface area contributed by atoms with Crippen molar-refractivity contribution in [1.82, 2.24) is 14.7 Å². The standard InChI is InChI=1S/C15H27BrN4O/c1-5-12-15(16)13(19(4)18-12)8-11(17)14-9-20(10(2)3)6-7-21-14/h10-11,14H,5-9,17H2,1-4H3. The molecule has 2 rings (SSSR count). The Balaban J connectivity index is 2.04. The molecule has 1 aromatic heterocycles. The number of aromatic nitrogens is 2. The minimum atomic E-state index is -0.0112. The van der Waals surface area contributed by atoms with E-state index in [9.17, 15) is 0 Å². The summed E-state index contributed by atoms with van der Waals surface area (Å²) >= 11 is 3.66. The average Bonchev–Trinajstić information content (AvgIpc) is 2.74. The van der Waals surface area contributed by atoms with Crippen LogP contribution in [-0.4, -0.2) is 52.6 Å². The second-order valence-electron chi connectivity index (χ2n) is 6.05. The molecule has 0 amide bonds. The molecule has 2 N–H and O–H groups in total. The quantitative estimate of drug-likeness (QED) is 0.870. The van der Waals surface area contributed by atoms with E-state index in [0.717, 1.165) is 48.4 Å². The van der Waals surface area contributed by atoms with Crippen LogP contribution in [0.1, 0.15) is 32.2 Å². The fourth-order valence-electron chi connectivity index (χ4n) is 2.82. The second kappa shape index (κ2) is 7.22. The Morgan fingerprint density at radius 3 is 2.76 bits per heavy atom. The van der Waals surface area contributed by atoms with Crippen LogP contribution in [0.15, 0.2) is 4.47 Å². The predicted molar refractivity (Wildman–Crippen MR) is 88.4 cm³/mol. The van der Waals surface area contributed by atoms with Crippen molar-refractivity contribution in [1.29, 1.82) is 0 Å². The molecule has 0 bridgehead atoms. The Hall–Kier alpha value is -0.430. The van der Waals surface area contributed by atoms with Gasteiger partial charge in [0.05, 0.1) is 28.6 Å². The molecule has 1 saturated heterocycles. The van der Waals surface area contributed by atoms with E-state index in [1.54, 1.807) is 0 Å². The van der Waals surface area contributed by atoms with E-state index in [0.29, 0.717) is 6.04 Å². The molecule has 120 valence electrons. The third kappa shape index (κ3) is 3.86. The maximum atomic E-state index is 6.42. The summed E-state index contributed by atoms with van der Waals surface area (Å²) in [5.41, 5.74) is 8.67. The van der Waals surface area contributed by atoms with E-state index in [-0.39, 0.29) is 12.1 Å². The summed E-state index contributed by atoms with van der Waals surface area (Å²) in [6, 6.07) is 0.529. The zero-order valence-corrected chi connectivity index (χ0v) is 15.1. The highest BCUT2D eigenvalue weighted by Crippen LogP contribution is 2.24. The molecule has 1 aliphatic rings. The van der Waals surface area contributed by atoms with Gasteiger partial charge in [0.25, 0.3) is 0 Å². The van der Waals surface area contributed by atoms with E-state index < -0.39 is 0 Å². The van der Waals surface area contributed by atoms with Crippen molar-refractivity contribution >= 4 is 15.9 Å². The van der Waals surface area contributed by atoms with Crippen molar-refractivity contribution in [3.05, 3.63) is 15.9 Å². The van der Waals surface area contributed by atoms with Crippen molar-refractivity contribution in [3.8, 4) is 0 Å². The number of hydrogen-bond acceptors (Lipinski definition) is 4. The third-order valence-electron chi connectivity index (χ3n) is 4.26. The van der Waals surface area contributed by atoms with E-state index in [4.69, 9.17) is 10.5 Å². The van der Waals surface area contributed by atoms with Crippen molar-refractivity contribution in [2.75, 3.05) is 19.7 Å². The Kier molecular flexibility index (Phi) is 5.82. The lowest BCUT2D eigenvalue weighted by molar-refractivity contribution is -0.0497. The minimum Gasteiger partial charge on any atom is -0.374 e. The molecule has 1 aromatic rings. The maximum Gasteiger partial charge on any atom is 0.0857 e. The van der Waals surface area contributed by atoms with Gasteiger partial charge in [0.2, 0.25) is 0 Å². The molecular weight excluding hydrogens is 332 g/mol. The summed E-state index contributed by atoms with van der Waals surface area (Å²) in [6.07, 6.45) is 1.79. The van der Waals surface area contributed by atoms with Gasteiger partial charge in [-0.1, -0.05) is 6.92 Å². The van der Waals surface area contributed by atoms with Gasteiger partial charge in [-0.05, 0) is 36.2 Å². The smallest absolute Gasteiger partial charge is 0.0857 e. The fourth-order valence-corrected chi connectivity index (χ4v) is 3.60. The number of morpholine rings is 1. The van der Waals surface area contributed by atoms with E-state index >= 15 is 0 Å². The van der Waals surface area contributed by atoms with Crippen LogP contribution >= 0.6 is 15.9 Å². The monoisotopic (exact) mass is 358 g/mol. The van der Waals surface area contributed by atoms with Crippen LogP contribution in [0.3, 0.4) is 0 Å². The Bertz CT molecular complexity index is 474. The number of nitrogens with zero attached hydrogens (tertiary/aromatic N) is 3. The van der Waals surface area contributed by atoms with Gasteiger partial charge >= 0.3 is 0 Å². The highest BCUT2D eigenvalue weighted by molar-refractivity contribution is 9.10. The first-order chi connectivity index (χ1) is 9.93. The summed E-state index contributed by atoms with van der Waals surface area (Å²) in [5.74, 6) is 0. The number of nitrogens with two attached hydrogens (primary N) is 1. The van der Waals surface area contributed by atoms with Crippen molar-refractivity contribution in [2.24, 2.45) is 12.8 Å². The first kappa shape index (κ1) is 16.9. The van der Waals surface area contributed by atoms with Gasteiger partial charge in [-0.25, -0.2) is 0 Å². The van der Waals surface area contributed by atoms with Crippen molar-refractivity contribution in [3.63, 3.8) is 0 Å². The van der Waals surface area contributed by atoms with Gasteiger partial charge in [0.1, 0.15) is 0 Å². The Morgan fingerprint density at radius 2 is 2.19 bits per heavy atom. The summed E-state index contributed by atoms with van der Waals surface area (Å²) in [5, 5.41) is 4.53. The van der Waals surface area contributed by atoms with Crippen LogP contribution in [0.5, 0.6) is 0 Å². The van der Waals surface area contributed by atoms with Gasteiger partial charge in [0.15, 0.2) is 0 Å². The third-order valence-corrected chi connectivity index (χ3v) is 5.18. The van der Waals surface area contributed by atoms with Crippen molar-refractivity contribution in [2.45, 2.75) is 51.8 Å². The summed E-state index contributed by atoms with van der Waals surface area (Å²) in [4.78, 5) is 2.43. The Morgan fingerprint density at radius 1 is 1.48 bits per heavy atom. The number of aryl methyl sites for hydroxylation is 2. The molecule has 2 atom stereocenters. The first-order valence-electron chi connectivity index (χ1n) is 7.75. The molecule has 0 spiro atoms. The summed E-state index contributed by atoms with van der Waals surface area (Å²) in [7, 11) is 1.98. The largest absolute Gasteiger partial charge is 0.374 e. The predicted octanol–water partition coefficient (Wildman–Crippen LogP) is 1.72. The van der Waals surface area contributed by atoms with Gasteiger partial charge in [-0.15, -0.1) is 0 Å². The average molecular weight is 359 g/mol. The molecule has 0 aliphatic carbocycles. The van der Waals surface area contributed by atoms with E-state index in [1.165, 1.54) is 0 Å². The van der Waals surface area contributed by atoms with Gasteiger partial charge in [-0.3, -0.25) is 9.58 Å². The van der Waals surface area contributed by atoms with Crippen LogP contribution in [-0.2, 0) is 24.6 Å². The number of ether oxygens (including phenoxy) is 1. The van der Waals surface area contributed by atoms with Crippen LogP contribution in [0, 0.1) is 0 Å². The normalized spacial score (nSPS) is 22.0. The second-order valence-corrected chi connectivity index (χ2v) is 6.84. The SMILES string of the molecule is CCc1nn(C)c(CC(N)C2CN(C(C)C)CCO2)c1Br.